The third-order valence-electron chi connectivity index (χ3n) is 3.35. The summed E-state index contributed by atoms with van der Waals surface area (Å²) in [7, 11) is 3.07. The van der Waals surface area contributed by atoms with Crippen molar-refractivity contribution in [2.24, 2.45) is 0 Å². The van der Waals surface area contributed by atoms with Crippen molar-refractivity contribution in [3.8, 4) is 11.5 Å². The highest BCUT2D eigenvalue weighted by atomic mass is 35.5. The van der Waals surface area contributed by atoms with Gasteiger partial charge < -0.3 is 14.8 Å². The van der Waals surface area contributed by atoms with Crippen molar-refractivity contribution in [3.05, 3.63) is 57.6 Å². The van der Waals surface area contributed by atoms with Crippen molar-refractivity contribution in [3.63, 3.8) is 0 Å². The Bertz CT molecular complexity index is 704. The van der Waals surface area contributed by atoms with Crippen LogP contribution in [0.2, 0.25) is 10.0 Å². The molecule has 0 saturated heterocycles. The van der Waals surface area contributed by atoms with E-state index in [-0.39, 0.29) is 5.91 Å². The summed E-state index contributed by atoms with van der Waals surface area (Å²) >= 11 is 12.0. The molecular weight excluding hydrogens is 337 g/mol. The van der Waals surface area contributed by atoms with Gasteiger partial charge in [0.1, 0.15) is 11.5 Å². The fraction of sp³-hybridized carbons (Fsp3) is 0.235. The maximum absolute atomic E-state index is 12.3. The molecule has 0 aliphatic heterocycles. The molecule has 0 bridgehead atoms. The molecule has 0 aliphatic rings. The number of ether oxygens (including phenoxy) is 2. The van der Waals surface area contributed by atoms with Crippen molar-refractivity contribution in [1.82, 2.24) is 5.32 Å². The van der Waals surface area contributed by atoms with E-state index in [1.54, 1.807) is 37.4 Å². The topological polar surface area (TPSA) is 47.6 Å². The number of hydrogen-bond donors (Lipinski definition) is 1. The molecule has 122 valence electrons. The van der Waals surface area contributed by atoms with E-state index in [9.17, 15) is 4.79 Å². The molecule has 0 radical (unpaired) electrons. The maximum atomic E-state index is 12.3. The van der Waals surface area contributed by atoms with Crippen LogP contribution in [0.4, 0.5) is 0 Å². The molecule has 0 fully saturated rings. The van der Waals surface area contributed by atoms with Gasteiger partial charge in [0.2, 0.25) is 0 Å². The molecule has 0 spiro atoms. The Hall–Kier alpha value is -1.91. The number of benzene rings is 2. The van der Waals surface area contributed by atoms with E-state index >= 15 is 0 Å². The van der Waals surface area contributed by atoms with Crippen LogP contribution in [-0.4, -0.2) is 26.7 Å². The number of methoxy groups -OCH3 is 2. The quantitative estimate of drug-likeness (QED) is 0.854. The van der Waals surface area contributed by atoms with Gasteiger partial charge in [0.05, 0.1) is 19.8 Å². The van der Waals surface area contributed by atoms with Gasteiger partial charge in [-0.25, -0.2) is 0 Å². The zero-order valence-corrected chi connectivity index (χ0v) is 14.4. The fourth-order valence-electron chi connectivity index (χ4n) is 2.12. The first-order chi connectivity index (χ1) is 11.0. The molecule has 0 aromatic heterocycles. The van der Waals surface area contributed by atoms with Crippen molar-refractivity contribution in [1.29, 1.82) is 0 Å². The molecule has 23 heavy (non-hydrogen) atoms. The Morgan fingerprint density at radius 3 is 2.52 bits per heavy atom. The number of rotatable bonds is 6. The van der Waals surface area contributed by atoms with Crippen molar-refractivity contribution in [2.75, 3.05) is 20.8 Å². The average Bonchev–Trinajstić information content (AvgIpc) is 2.56. The Kier molecular flexibility index (Phi) is 6.13. The van der Waals surface area contributed by atoms with Gasteiger partial charge in [0.15, 0.2) is 0 Å². The van der Waals surface area contributed by atoms with E-state index in [0.29, 0.717) is 40.1 Å². The molecule has 0 aliphatic carbocycles. The smallest absolute Gasteiger partial charge is 0.255 e. The van der Waals surface area contributed by atoms with Crippen LogP contribution >= 0.6 is 23.2 Å². The molecule has 6 heteroatoms. The van der Waals surface area contributed by atoms with Gasteiger partial charge in [-0.3, -0.25) is 4.79 Å². The van der Waals surface area contributed by atoms with Gasteiger partial charge in [-0.15, -0.1) is 0 Å². The third-order valence-corrected chi connectivity index (χ3v) is 3.94. The molecule has 4 nitrogen and oxygen atoms in total. The van der Waals surface area contributed by atoms with Crippen LogP contribution < -0.4 is 14.8 Å². The van der Waals surface area contributed by atoms with Crippen LogP contribution in [-0.2, 0) is 6.42 Å². The highest BCUT2D eigenvalue weighted by molar-refractivity contribution is 6.35. The van der Waals surface area contributed by atoms with E-state index in [4.69, 9.17) is 32.7 Å². The van der Waals surface area contributed by atoms with Crippen LogP contribution in [0.15, 0.2) is 36.4 Å². The van der Waals surface area contributed by atoms with Gasteiger partial charge in [0, 0.05) is 22.7 Å². The van der Waals surface area contributed by atoms with E-state index in [1.807, 2.05) is 6.07 Å². The van der Waals surface area contributed by atoms with Crippen molar-refractivity contribution in [2.45, 2.75) is 6.42 Å². The molecular formula is C17H17Cl2NO3. The first kappa shape index (κ1) is 17.4. The Balaban J connectivity index is 1.99. The minimum absolute atomic E-state index is 0.213. The first-order valence-corrected chi connectivity index (χ1v) is 7.75. The summed E-state index contributed by atoms with van der Waals surface area (Å²) in [6, 6.07) is 10.4. The molecule has 1 N–H and O–H groups in total. The van der Waals surface area contributed by atoms with E-state index in [1.165, 1.54) is 7.11 Å². The standard InChI is InChI=1S/C17H17Cl2NO3/c1-22-13-5-6-14(16(10-13)23-2)17(21)20-8-7-11-3-4-12(18)9-15(11)19/h3-6,9-10H,7-8H2,1-2H3,(H,20,21). The summed E-state index contributed by atoms with van der Waals surface area (Å²) < 4.78 is 10.3. The number of hydrogen-bond acceptors (Lipinski definition) is 3. The average molecular weight is 354 g/mol. The Morgan fingerprint density at radius 2 is 1.87 bits per heavy atom. The van der Waals surface area contributed by atoms with E-state index in [0.717, 1.165) is 5.56 Å². The summed E-state index contributed by atoms with van der Waals surface area (Å²) in [5.41, 5.74) is 1.38. The first-order valence-electron chi connectivity index (χ1n) is 6.99. The predicted octanol–water partition coefficient (Wildman–Crippen LogP) is 3.98. The minimum Gasteiger partial charge on any atom is -0.497 e. The van der Waals surface area contributed by atoms with Gasteiger partial charge in [-0.1, -0.05) is 29.3 Å². The fourth-order valence-corrected chi connectivity index (χ4v) is 2.62. The lowest BCUT2D eigenvalue weighted by Crippen LogP contribution is -2.26. The van der Waals surface area contributed by atoms with Crippen LogP contribution in [0.5, 0.6) is 11.5 Å². The second-order valence-corrected chi connectivity index (χ2v) is 5.65. The van der Waals surface area contributed by atoms with E-state index < -0.39 is 0 Å². The predicted molar refractivity (Wildman–Crippen MR) is 92.0 cm³/mol. The largest absolute Gasteiger partial charge is 0.497 e. The second-order valence-electron chi connectivity index (χ2n) is 4.81. The summed E-state index contributed by atoms with van der Waals surface area (Å²) in [6.45, 7) is 0.454. The second kappa shape index (κ2) is 8.09. The Labute approximate surface area is 145 Å². The number of carbonyl (C=O) groups is 1. The number of nitrogens with one attached hydrogen (secondary N) is 1. The van der Waals surface area contributed by atoms with Gasteiger partial charge in [0.25, 0.3) is 5.91 Å². The lowest BCUT2D eigenvalue weighted by atomic mass is 10.1. The van der Waals surface area contributed by atoms with Crippen LogP contribution in [0.1, 0.15) is 15.9 Å². The van der Waals surface area contributed by atoms with Crippen molar-refractivity contribution < 1.29 is 14.3 Å². The highest BCUT2D eigenvalue weighted by Gasteiger charge is 2.13. The van der Waals surface area contributed by atoms with Crippen molar-refractivity contribution >= 4 is 29.1 Å². The maximum Gasteiger partial charge on any atom is 0.255 e. The third kappa shape index (κ3) is 4.53. The lowest BCUT2D eigenvalue weighted by molar-refractivity contribution is 0.0951. The van der Waals surface area contributed by atoms with Crippen LogP contribution in [0, 0.1) is 0 Å². The number of halogens is 2. The van der Waals surface area contributed by atoms with Gasteiger partial charge in [-0.2, -0.15) is 0 Å². The zero-order valence-electron chi connectivity index (χ0n) is 12.9. The zero-order chi connectivity index (χ0) is 16.8. The number of carbonyl (C=O) groups excluding carboxylic acids is 1. The summed E-state index contributed by atoms with van der Waals surface area (Å²) in [5, 5.41) is 4.03. The summed E-state index contributed by atoms with van der Waals surface area (Å²) in [5.74, 6) is 0.882. The number of amides is 1. The highest BCUT2D eigenvalue weighted by Crippen LogP contribution is 2.24. The van der Waals surface area contributed by atoms with Gasteiger partial charge in [-0.05, 0) is 36.2 Å². The van der Waals surface area contributed by atoms with Gasteiger partial charge >= 0.3 is 0 Å². The molecule has 2 rings (SSSR count). The molecule has 1 amide bonds. The molecule has 0 heterocycles. The lowest BCUT2D eigenvalue weighted by Gasteiger charge is -2.11. The minimum atomic E-state index is -0.213. The SMILES string of the molecule is COc1ccc(C(=O)NCCc2ccc(Cl)cc2Cl)c(OC)c1. The molecule has 0 unspecified atom stereocenters. The van der Waals surface area contributed by atoms with Crippen LogP contribution in [0.3, 0.4) is 0 Å². The Morgan fingerprint density at radius 1 is 1.09 bits per heavy atom. The normalized spacial score (nSPS) is 10.3. The summed E-state index contributed by atoms with van der Waals surface area (Å²) in [4.78, 5) is 12.3. The monoisotopic (exact) mass is 353 g/mol. The summed E-state index contributed by atoms with van der Waals surface area (Å²) in [6.07, 6.45) is 0.611. The molecule has 2 aromatic carbocycles. The van der Waals surface area contributed by atoms with E-state index in [2.05, 4.69) is 5.32 Å². The molecule has 2 aromatic rings. The van der Waals surface area contributed by atoms with Crippen LogP contribution in [0.25, 0.3) is 0 Å². The molecule has 0 atom stereocenters. The molecule has 0 saturated carbocycles.